The van der Waals surface area contributed by atoms with Crippen molar-refractivity contribution in [3.63, 3.8) is 0 Å². The lowest BCUT2D eigenvalue weighted by atomic mass is 9.78. The highest BCUT2D eigenvalue weighted by atomic mass is 35.5. The number of rotatable bonds is 3. The van der Waals surface area contributed by atoms with Crippen molar-refractivity contribution in [2.24, 2.45) is 11.8 Å². The Kier molecular flexibility index (Phi) is 4.39. The van der Waals surface area contributed by atoms with Crippen LogP contribution in [-0.4, -0.2) is 13.2 Å². The van der Waals surface area contributed by atoms with Crippen LogP contribution < -0.4 is 10.1 Å². The lowest BCUT2D eigenvalue weighted by Gasteiger charge is -2.36. The molecule has 0 heterocycles. The van der Waals surface area contributed by atoms with Crippen molar-refractivity contribution >= 4 is 17.3 Å². The minimum Gasteiger partial charge on any atom is -0.495 e. The van der Waals surface area contributed by atoms with Crippen LogP contribution in [0.3, 0.4) is 0 Å². The molecule has 2 rings (SSSR count). The summed E-state index contributed by atoms with van der Waals surface area (Å²) in [5.74, 6) is 2.17. The summed E-state index contributed by atoms with van der Waals surface area (Å²) in [7, 11) is 1.65. The molecule has 0 radical (unpaired) electrons. The van der Waals surface area contributed by atoms with Crippen LogP contribution in [-0.2, 0) is 0 Å². The minimum atomic E-state index is 0.546. The number of benzene rings is 1. The first kappa shape index (κ1) is 13.5. The molecule has 1 fully saturated rings. The van der Waals surface area contributed by atoms with Crippen LogP contribution in [0.25, 0.3) is 0 Å². The molecule has 0 bridgehead atoms. The van der Waals surface area contributed by atoms with Crippen LogP contribution in [0.4, 0.5) is 5.69 Å². The number of ether oxygens (including phenoxy) is 1. The second-order valence-electron chi connectivity index (χ2n) is 5.40. The fourth-order valence-electron chi connectivity index (χ4n) is 2.91. The fourth-order valence-corrected chi connectivity index (χ4v) is 3.10. The second-order valence-corrected chi connectivity index (χ2v) is 5.81. The largest absolute Gasteiger partial charge is 0.495 e. The van der Waals surface area contributed by atoms with Gasteiger partial charge in [0.15, 0.2) is 0 Å². The monoisotopic (exact) mass is 267 g/mol. The number of hydrogen-bond donors (Lipinski definition) is 1. The van der Waals surface area contributed by atoms with Gasteiger partial charge in [-0.25, -0.2) is 0 Å². The molecule has 3 heteroatoms. The molecule has 0 amide bonds. The molecule has 1 aliphatic rings. The van der Waals surface area contributed by atoms with E-state index < -0.39 is 0 Å². The van der Waals surface area contributed by atoms with Crippen molar-refractivity contribution in [2.75, 3.05) is 12.4 Å². The Bertz CT molecular complexity index is 397. The molecule has 18 heavy (non-hydrogen) atoms. The molecule has 1 aromatic rings. The zero-order chi connectivity index (χ0) is 13.1. The molecule has 2 nitrogen and oxygen atoms in total. The minimum absolute atomic E-state index is 0.546. The molecule has 1 aromatic carbocycles. The van der Waals surface area contributed by atoms with Crippen molar-refractivity contribution in [3.05, 3.63) is 23.2 Å². The molecule has 1 N–H and O–H groups in total. The van der Waals surface area contributed by atoms with E-state index in [2.05, 4.69) is 19.2 Å². The lowest BCUT2D eigenvalue weighted by Crippen LogP contribution is -2.37. The first-order valence-corrected chi connectivity index (χ1v) is 7.09. The van der Waals surface area contributed by atoms with Crippen molar-refractivity contribution in [3.8, 4) is 5.75 Å². The van der Waals surface area contributed by atoms with Crippen molar-refractivity contribution in [1.29, 1.82) is 0 Å². The van der Waals surface area contributed by atoms with Crippen LogP contribution in [0, 0.1) is 11.8 Å². The first-order valence-electron chi connectivity index (χ1n) is 6.72. The van der Waals surface area contributed by atoms with Gasteiger partial charge in [0, 0.05) is 17.8 Å². The lowest BCUT2D eigenvalue weighted by molar-refractivity contribution is 0.268. The molecule has 1 aliphatic carbocycles. The van der Waals surface area contributed by atoms with Crippen molar-refractivity contribution < 1.29 is 4.74 Å². The molecular weight excluding hydrogens is 246 g/mol. The molecule has 2 unspecified atom stereocenters. The topological polar surface area (TPSA) is 21.3 Å². The SMILES string of the molecule is COc1cc(NC2C(C)CCCC2C)ccc1Cl. The number of methoxy groups -OCH3 is 1. The van der Waals surface area contributed by atoms with E-state index in [-0.39, 0.29) is 0 Å². The number of hydrogen-bond acceptors (Lipinski definition) is 2. The zero-order valence-electron chi connectivity index (χ0n) is 11.4. The average molecular weight is 268 g/mol. The normalized spacial score (nSPS) is 27.9. The summed E-state index contributed by atoms with van der Waals surface area (Å²) in [6, 6.07) is 6.44. The maximum absolute atomic E-state index is 6.04. The van der Waals surface area contributed by atoms with Gasteiger partial charge < -0.3 is 10.1 Å². The Hall–Kier alpha value is -0.890. The van der Waals surface area contributed by atoms with Gasteiger partial charge in [-0.2, -0.15) is 0 Å². The van der Waals surface area contributed by atoms with Gasteiger partial charge in [0.1, 0.15) is 5.75 Å². The molecule has 1 saturated carbocycles. The van der Waals surface area contributed by atoms with Gasteiger partial charge in [-0.1, -0.05) is 31.9 Å². The third-order valence-corrected chi connectivity index (χ3v) is 4.34. The molecule has 0 aliphatic heterocycles. The maximum atomic E-state index is 6.04. The van der Waals surface area contributed by atoms with Gasteiger partial charge in [-0.15, -0.1) is 0 Å². The maximum Gasteiger partial charge on any atom is 0.139 e. The van der Waals surface area contributed by atoms with Gasteiger partial charge in [0.2, 0.25) is 0 Å². The van der Waals surface area contributed by atoms with E-state index in [1.165, 1.54) is 19.3 Å². The number of nitrogens with one attached hydrogen (secondary N) is 1. The Morgan fingerprint density at radius 3 is 2.50 bits per heavy atom. The van der Waals surface area contributed by atoms with E-state index in [9.17, 15) is 0 Å². The Morgan fingerprint density at radius 2 is 1.89 bits per heavy atom. The Balaban J connectivity index is 2.12. The van der Waals surface area contributed by atoms with Crippen LogP contribution in [0.2, 0.25) is 5.02 Å². The Labute approximate surface area is 115 Å². The predicted molar refractivity (Wildman–Crippen MR) is 77.6 cm³/mol. The van der Waals surface area contributed by atoms with E-state index in [0.29, 0.717) is 11.1 Å². The third-order valence-electron chi connectivity index (χ3n) is 4.03. The van der Waals surface area contributed by atoms with E-state index in [1.807, 2.05) is 18.2 Å². The van der Waals surface area contributed by atoms with Crippen molar-refractivity contribution in [1.82, 2.24) is 0 Å². The summed E-state index contributed by atoms with van der Waals surface area (Å²) in [6.45, 7) is 4.67. The van der Waals surface area contributed by atoms with Crippen LogP contribution in [0.5, 0.6) is 5.75 Å². The predicted octanol–water partition coefficient (Wildman–Crippen LogP) is 4.59. The molecule has 0 spiro atoms. The van der Waals surface area contributed by atoms with Crippen molar-refractivity contribution in [2.45, 2.75) is 39.2 Å². The van der Waals surface area contributed by atoms with Crippen LogP contribution in [0.1, 0.15) is 33.1 Å². The zero-order valence-corrected chi connectivity index (χ0v) is 12.1. The quantitative estimate of drug-likeness (QED) is 0.865. The summed E-state index contributed by atoms with van der Waals surface area (Å²) in [5, 5.41) is 4.30. The van der Waals surface area contributed by atoms with Gasteiger partial charge in [0.05, 0.1) is 12.1 Å². The highest BCUT2D eigenvalue weighted by molar-refractivity contribution is 6.32. The highest BCUT2D eigenvalue weighted by Crippen LogP contribution is 2.33. The number of halogens is 1. The van der Waals surface area contributed by atoms with Gasteiger partial charge in [-0.3, -0.25) is 0 Å². The third kappa shape index (κ3) is 2.92. The van der Waals surface area contributed by atoms with Gasteiger partial charge >= 0.3 is 0 Å². The van der Waals surface area contributed by atoms with Crippen LogP contribution >= 0.6 is 11.6 Å². The van der Waals surface area contributed by atoms with Gasteiger partial charge in [0.25, 0.3) is 0 Å². The highest BCUT2D eigenvalue weighted by Gasteiger charge is 2.27. The molecule has 0 aromatic heterocycles. The fraction of sp³-hybridized carbons (Fsp3) is 0.600. The van der Waals surface area contributed by atoms with Gasteiger partial charge in [-0.05, 0) is 36.8 Å². The summed E-state index contributed by atoms with van der Waals surface area (Å²) >= 11 is 6.04. The van der Waals surface area contributed by atoms with E-state index in [4.69, 9.17) is 16.3 Å². The molecule has 0 saturated heterocycles. The van der Waals surface area contributed by atoms with E-state index in [1.54, 1.807) is 7.11 Å². The van der Waals surface area contributed by atoms with E-state index in [0.717, 1.165) is 23.3 Å². The second kappa shape index (κ2) is 5.83. The summed E-state index contributed by atoms with van der Waals surface area (Å²) in [6.07, 6.45) is 3.98. The molecular formula is C15H22ClNO. The number of anilines is 1. The van der Waals surface area contributed by atoms with Crippen LogP contribution in [0.15, 0.2) is 18.2 Å². The summed E-state index contributed by atoms with van der Waals surface area (Å²) in [5.41, 5.74) is 1.10. The standard InChI is InChI=1S/C15H22ClNO/c1-10-5-4-6-11(2)15(10)17-12-7-8-13(16)14(9-12)18-3/h7-11,15,17H,4-6H2,1-3H3. The first-order chi connectivity index (χ1) is 8.61. The molecule has 2 atom stereocenters. The smallest absolute Gasteiger partial charge is 0.139 e. The average Bonchev–Trinajstić information content (AvgIpc) is 2.36. The Morgan fingerprint density at radius 1 is 1.22 bits per heavy atom. The summed E-state index contributed by atoms with van der Waals surface area (Å²) in [4.78, 5) is 0. The summed E-state index contributed by atoms with van der Waals surface area (Å²) < 4.78 is 5.26. The van der Waals surface area contributed by atoms with E-state index >= 15 is 0 Å². The molecule has 100 valence electrons.